The van der Waals surface area contributed by atoms with E-state index in [0.29, 0.717) is 0 Å². The first-order valence-corrected chi connectivity index (χ1v) is 3.05. The molecule has 0 aliphatic heterocycles. The largest absolute Gasteiger partial charge is 0.392 e. The normalized spacial score (nSPS) is 12.4. The molecule has 0 bridgehead atoms. The summed E-state index contributed by atoms with van der Waals surface area (Å²) in [6.07, 6.45) is 6.71. The first-order valence-electron chi connectivity index (χ1n) is 2.60. The average Bonchev–Trinajstić information content (AvgIpc) is 1.85. The summed E-state index contributed by atoms with van der Waals surface area (Å²) in [5.41, 5.74) is 0. The van der Waals surface area contributed by atoms with E-state index in [1.807, 2.05) is 0 Å². The number of rotatable bonds is 3. The fraction of sp³-hybridized carbons (Fsp3) is 0.143. The lowest BCUT2D eigenvalue weighted by atomic mass is 10.4. The van der Waals surface area contributed by atoms with Gasteiger partial charge in [-0.15, -0.1) is 12.6 Å². The minimum absolute atomic E-state index is 0.0506. The van der Waals surface area contributed by atoms with E-state index < -0.39 is 0 Å². The second kappa shape index (κ2) is 5.66. The van der Waals surface area contributed by atoms with E-state index in [2.05, 4.69) is 19.2 Å². The van der Waals surface area contributed by atoms with E-state index in [1.54, 1.807) is 24.3 Å². The molecule has 0 aliphatic carbocycles. The molecule has 50 valence electrons. The van der Waals surface area contributed by atoms with Gasteiger partial charge in [0.05, 0.1) is 6.61 Å². The summed E-state index contributed by atoms with van der Waals surface area (Å²) in [4.78, 5) is 0.791. The molecule has 0 saturated carbocycles. The fourth-order valence-electron chi connectivity index (χ4n) is 0.350. The van der Waals surface area contributed by atoms with Crippen LogP contribution in [-0.2, 0) is 0 Å². The van der Waals surface area contributed by atoms with Crippen molar-refractivity contribution in [2.75, 3.05) is 6.61 Å². The quantitative estimate of drug-likeness (QED) is 0.452. The van der Waals surface area contributed by atoms with Gasteiger partial charge in [-0.2, -0.15) is 0 Å². The molecule has 0 unspecified atom stereocenters. The summed E-state index contributed by atoms with van der Waals surface area (Å²) >= 11 is 4.04. The van der Waals surface area contributed by atoms with E-state index in [0.717, 1.165) is 4.91 Å². The third-order valence-electron chi connectivity index (χ3n) is 0.683. The predicted octanol–water partition coefficient (Wildman–Crippen LogP) is 1.53. The molecule has 0 aromatic rings. The lowest BCUT2D eigenvalue weighted by molar-refractivity contribution is 0.342. The van der Waals surface area contributed by atoms with Crippen LogP contribution in [-0.4, -0.2) is 11.7 Å². The number of thiol groups is 1. The molecule has 0 rings (SSSR count). The summed E-state index contributed by atoms with van der Waals surface area (Å²) in [5.74, 6) is 0. The van der Waals surface area contributed by atoms with Gasteiger partial charge < -0.3 is 5.11 Å². The Morgan fingerprint density at radius 3 is 2.78 bits per heavy atom. The van der Waals surface area contributed by atoms with E-state index in [-0.39, 0.29) is 6.61 Å². The topological polar surface area (TPSA) is 20.2 Å². The van der Waals surface area contributed by atoms with Crippen molar-refractivity contribution < 1.29 is 5.11 Å². The Kier molecular flexibility index (Phi) is 5.37. The summed E-state index contributed by atoms with van der Waals surface area (Å²) in [6.45, 7) is 3.54. The number of hydrogen-bond acceptors (Lipinski definition) is 2. The zero-order valence-electron chi connectivity index (χ0n) is 5.12. The maximum atomic E-state index is 8.31. The molecule has 0 amide bonds. The minimum atomic E-state index is 0.0506. The van der Waals surface area contributed by atoms with Crippen molar-refractivity contribution in [3.8, 4) is 0 Å². The molecule has 0 aromatic heterocycles. The third kappa shape index (κ3) is 5.40. The molecule has 0 fully saturated rings. The van der Waals surface area contributed by atoms with E-state index in [1.165, 1.54) is 0 Å². The summed E-state index contributed by atoms with van der Waals surface area (Å²) in [6, 6.07) is 0. The maximum Gasteiger partial charge on any atom is 0.0615 e. The van der Waals surface area contributed by atoms with Gasteiger partial charge >= 0.3 is 0 Å². The van der Waals surface area contributed by atoms with Gasteiger partial charge in [-0.05, 0) is 6.08 Å². The Morgan fingerprint density at radius 2 is 2.33 bits per heavy atom. The second-order valence-corrected chi connectivity index (χ2v) is 1.93. The molecule has 2 heteroatoms. The van der Waals surface area contributed by atoms with Crippen LogP contribution in [0, 0.1) is 0 Å². The second-order valence-electron chi connectivity index (χ2n) is 1.41. The van der Waals surface area contributed by atoms with Gasteiger partial charge in [-0.1, -0.05) is 24.8 Å². The Bertz CT molecular complexity index is 136. The van der Waals surface area contributed by atoms with Gasteiger partial charge in [0.1, 0.15) is 0 Å². The first kappa shape index (κ1) is 8.53. The van der Waals surface area contributed by atoms with Crippen LogP contribution in [0.15, 0.2) is 35.8 Å². The monoisotopic (exact) mass is 142 g/mol. The molecule has 0 spiro atoms. The Balaban J connectivity index is 3.74. The standard InChI is InChI=1S/C7H10OS/c1-2-4-7(9)5-3-6-8/h2-5,8-9H,1,6H2/b5-3-,7-4+. The van der Waals surface area contributed by atoms with Crippen LogP contribution in [0.25, 0.3) is 0 Å². The highest BCUT2D eigenvalue weighted by Gasteiger charge is 1.75. The van der Waals surface area contributed by atoms with Gasteiger partial charge in [0.2, 0.25) is 0 Å². The van der Waals surface area contributed by atoms with E-state index in [4.69, 9.17) is 5.11 Å². The van der Waals surface area contributed by atoms with Crippen molar-refractivity contribution in [1.82, 2.24) is 0 Å². The summed E-state index contributed by atoms with van der Waals surface area (Å²) in [7, 11) is 0. The molecule has 0 heterocycles. The van der Waals surface area contributed by atoms with Crippen LogP contribution in [0.1, 0.15) is 0 Å². The number of aliphatic hydroxyl groups is 1. The molecular weight excluding hydrogens is 132 g/mol. The fourth-order valence-corrected chi connectivity index (χ4v) is 0.561. The van der Waals surface area contributed by atoms with Gasteiger partial charge in [0.15, 0.2) is 0 Å². The van der Waals surface area contributed by atoms with Crippen molar-refractivity contribution in [2.45, 2.75) is 0 Å². The zero-order chi connectivity index (χ0) is 7.11. The van der Waals surface area contributed by atoms with Crippen molar-refractivity contribution in [3.63, 3.8) is 0 Å². The van der Waals surface area contributed by atoms with Crippen LogP contribution in [0.4, 0.5) is 0 Å². The summed E-state index contributed by atoms with van der Waals surface area (Å²) in [5, 5.41) is 8.31. The van der Waals surface area contributed by atoms with Crippen molar-refractivity contribution in [2.24, 2.45) is 0 Å². The highest BCUT2D eigenvalue weighted by Crippen LogP contribution is 2.00. The van der Waals surface area contributed by atoms with Crippen molar-refractivity contribution in [3.05, 3.63) is 35.8 Å². The molecule has 0 aliphatic rings. The Hall–Kier alpha value is -0.470. The molecule has 0 aromatic carbocycles. The van der Waals surface area contributed by atoms with E-state index >= 15 is 0 Å². The first-order chi connectivity index (χ1) is 4.31. The highest BCUT2D eigenvalue weighted by molar-refractivity contribution is 7.84. The number of allylic oxidation sites excluding steroid dienone is 3. The lowest BCUT2D eigenvalue weighted by Crippen LogP contribution is -1.70. The average molecular weight is 142 g/mol. The third-order valence-corrected chi connectivity index (χ3v) is 0.981. The van der Waals surface area contributed by atoms with Crippen LogP contribution in [0.5, 0.6) is 0 Å². The molecule has 0 saturated heterocycles. The van der Waals surface area contributed by atoms with Crippen molar-refractivity contribution >= 4 is 12.6 Å². The van der Waals surface area contributed by atoms with E-state index in [9.17, 15) is 0 Å². The van der Waals surface area contributed by atoms with Crippen LogP contribution < -0.4 is 0 Å². The van der Waals surface area contributed by atoms with Gasteiger partial charge in [-0.3, -0.25) is 0 Å². The summed E-state index contributed by atoms with van der Waals surface area (Å²) < 4.78 is 0. The minimum Gasteiger partial charge on any atom is -0.392 e. The van der Waals surface area contributed by atoms with Crippen LogP contribution >= 0.6 is 12.6 Å². The molecular formula is C7H10OS. The Labute approximate surface area is 60.8 Å². The van der Waals surface area contributed by atoms with Crippen molar-refractivity contribution in [1.29, 1.82) is 0 Å². The Morgan fingerprint density at radius 1 is 1.67 bits per heavy atom. The predicted molar refractivity (Wildman–Crippen MR) is 43.5 cm³/mol. The molecule has 1 N–H and O–H groups in total. The molecule has 1 nitrogen and oxygen atoms in total. The lowest BCUT2D eigenvalue weighted by Gasteiger charge is -1.83. The van der Waals surface area contributed by atoms with Gasteiger partial charge in [0, 0.05) is 4.91 Å². The van der Waals surface area contributed by atoms with Crippen LogP contribution in [0.3, 0.4) is 0 Å². The van der Waals surface area contributed by atoms with Gasteiger partial charge in [-0.25, -0.2) is 0 Å². The zero-order valence-corrected chi connectivity index (χ0v) is 6.01. The maximum absolute atomic E-state index is 8.31. The number of aliphatic hydroxyl groups excluding tert-OH is 1. The molecule has 9 heavy (non-hydrogen) atoms. The smallest absolute Gasteiger partial charge is 0.0615 e. The molecule has 0 radical (unpaired) electrons. The number of hydrogen-bond donors (Lipinski definition) is 2. The molecule has 0 atom stereocenters. The van der Waals surface area contributed by atoms with Gasteiger partial charge in [0.25, 0.3) is 0 Å². The van der Waals surface area contributed by atoms with Crippen LogP contribution in [0.2, 0.25) is 0 Å². The SMILES string of the molecule is C=C/C=C(S)\C=C/CO. The highest BCUT2D eigenvalue weighted by atomic mass is 32.1.